The van der Waals surface area contributed by atoms with Crippen LogP contribution < -0.4 is 0 Å². The van der Waals surface area contributed by atoms with Gasteiger partial charge < -0.3 is 0 Å². The lowest BCUT2D eigenvalue weighted by Crippen LogP contribution is -2.01. The topological polar surface area (TPSA) is 57.9 Å². The van der Waals surface area contributed by atoms with E-state index in [4.69, 9.17) is 5.26 Å². The number of sulfone groups is 1. The molecule has 0 saturated carbocycles. The molecule has 0 aliphatic rings. The maximum absolute atomic E-state index is 11.0. The Bertz CT molecular complexity index is 488. The number of hydrogen-bond acceptors (Lipinski definition) is 3. The Morgan fingerprint density at radius 3 is 2.64 bits per heavy atom. The van der Waals surface area contributed by atoms with E-state index in [-0.39, 0.29) is 5.75 Å². The molecule has 5 heteroatoms. The molecule has 0 unspecified atom stereocenters. The van der Waals surface area contributed by atoms with E-state index < -0.39 is 9.84 Å². The Balaban J connectivity index is 3.15. The van der Waals surface area contributed by atoms with Crippen molar-refractivity contribution < 1.29 is 8.42 Å². The van der Waals surface area contributed by atoms with Crippen molar-refractivity contribution in [2.75, 3.05) is 6.26 Å². The fourth-order valence-electron chi connectivity index (χ4n) is 1.04. The number of halogens is 1. The molecule has 0 spiro atoms. The van der Waals surface area contributed by atoms with Crippen LogP contribution >= 0.6 is 15.9 Å². The summed E-state index contributed by atoms with van der Waals surface area (Å²) < 4.78 is 22.8. The van der Waals surface area contributed by atoms with Gasteiger partial charge in [-0.3, -0.25) is 0 Å². The van der Waals surface area contributed by atoms with E-state index >= 15 is 0 Å². The molecule has 1 rings (SSSR count). The number of nitriles is 1. The van der Waals surface area contributed by atoms with E-state index in [0.29, 0.717) is 15.6 Å². The lowest BCUT2D eigenvalue weighted by molar-refractivity contribution is 0.601. The predicted molar refractivity (Wildman–Crippen MR) is 57.4 cm³/mol. The van der Waals surface area contributed by atoms with Gasteiger partial charge in [0, 0.05) is 10.7 Å². The molecule has 1 aromatic rings. The van der Waals surface area contributed by atoms with Gasteiger partial charge >= 0.3 is 0 Å². The highest BCUT2D eigenvalue weighted by Gasteiger charge is 2.08. The highest BCUT2D eigenvalue weighted by molar-refractivity contribution is 9.10. The minimum atomic E-state index is -3.06. The zero-order valence-electron chi connectivity index (χ0n) is 7.49. The lowest BCUT2D eigenvalue weighted by atomic mass is 10.2. The van der Waals surface area contributed by atoms with E-state index in [1.165, 1.54) is 6.26 Å². The van der Waals surface area contributed by atoms with Gasteiger partial charge in [0.1, 0.15) is 0 Å². The minimum absolute atomic E-state index is 0.0525. The van der Waals surface area contributed by atoms with Crippen LogP contribution in [0.25, 0.3) is 0 Å². The van der Waals surface area contributed by atoms with Crippen molar-refractivity contribution >= 4 is 25.8 Å². The summed E-state index contributed by atoms with van der Waals surface area (Å²) in [6, 6.07) is 6.85. The van der Waals surface area contributed by atoms with Crippen molar-refractivity contribution in [3.05, 3.63) is 33.8 Å². The molecule has 0 N–H and O–H groups in total. The van der Waals surface area contributed by atoms with Gasteiger partial charge in [-0.1, -0.05) is 15.9 Å². The molecule has 0 aromatic heterocycles. The van der Waals surface area contributed by atoms with Gasteiger partial charge in [-0.2, -0.15) is 5.26 Å². The summed E-state index contributed by atoms with van der Waals surface area (Å²) in [5.74, 6) is -0.0525. The van der Waals surface area contributed by atoms with Crippen molar-refractivity contribution in [2.24, 2.45) is 0 Å². The van der Waals surface area contributed by atoms with Crippen LogP contribution in [0.3, 0.4) is 0 Å². The van der Waals surface area contributed by atoms with Crippen LogP contribution in [0.1, 0.15) is 11.1 Å². The maximum Gasteiger partial charge on any atom is 0.151 e. The molecule has 74 valence electrons. The summed E-state index contributed by atoms with van der Waals surface area (Å²) in [4.78, 5) is 0. The Morgan fingerprint density at radius 2 is 2.14 bits per heavy atom. The third-order valence-electron chi connectivity index (χ3n) is 1.59. The second kappa shape index (κ2) is 4.11. The number of nitrogens with zero attached hydrogens (tertiary/aromatic N) is 1. The molecule has 1 aromatic carbocycles. The molecule has 0 heterocycles. The fourth-order valence-corrected chi connectivity index (χ4v) is 2.41. The van der Waals surface area contributed by atoms with Crippen molar-refractivity contribution in [2.45, 2.75) is 5.75 Å². The van der Waals surface area contributed by atoms with E-state index in [2.05, 4.69) is 15.9 Å². The largest absolute Gasteiger partial charge is 0.229 e. The molecular formula is C9H8BrNO2S. The average Bonchev–Trinajstić information content (AvgIpc) is 2.06. The second-order valence-electron chi connectivity index (χ2n) is 2.99. The van der Waals surface area contributed by atoms with E-state index in [1.54, 1.807) is 18.2 Å². The molecule has 14 heavy (non-hydrogen) atoms. The average molecular weight is 274 g/mol. The first-order valence-electron chi connectivity index (χ1n) is 3.78. The van der Waals surface area contributed by atoms with Crippen molar-refractivity contribution in [3.63, 3.8) is 0 Å². The van der Waals surface area contributed by atoms with Crippen LogP contribution in [0, 0.1) is 11.3 Å². The van der Waals surface area contributed by atoms with Crippen molar-refractivity contribution in [1.29, 1.82) is 5.26 Å². The summed E-state index contributed by atoms with van der Waals surface area (Å²) in [6.45, 7) is 0. The Hall–Kier alpha value is -0.860. The summed E-state index contributed by atoms with van der Waals surface area (Å²) in [5.41, 5.74) is 1.08. The number of hydrogen-bond donors (Lipinski definition) is 0. The van der Waals surface area contributed by atoms with Gasteiger partial charge in [0.25, 0.3) is 0 Å². The van der Waals surface area contributed by atoms with Gasteiger partial charge in [0.15, 0.2) is 9.84 Å². The lowest BCUT2D eigenvalue weighted by Gasteiger charge is -2.02. The first kappa shape index (κ1) is 11.2. The van der Waals surface area contributed by atoms with Gasteiger partial charge in [0.2, 0.25) is 0 Å². The first-order valence-corrected chi connectivity index (χ1v) is 6.64. The fraction of sp³-hybridized carbons (Fsp3) is 0.222. The zero-order valence-corrected chi connectivity index (χ0v) is 9.89. The van der Waals surface area contributed by atoms with E-state index in [1.807, 2.05) is 6.07 Å². The van der Waals surface area contributed by atoms with Gasteiger partial charge in [-0.05, 0) is 23.8 Å². The Kier molecular flexibility index (Phi) is 3.29. The monoisotopic (exact) mass is 273 g/mol. The molecule has 0 radical (unpaired) electrons. The Morgan fingerprint density at radius 1 is 1.50 bits per heavy atom. The molecule has 0 aliphatic carbocycles. The molecule has 0 atom stereocenters. The molecule has 0 amide bonds. The summed E-state index contributed by atoms with van der Waals surface area (Å²) >= 11 is 3.24. The van der Waals surface area contributed by atoms with Crippen LogP contribution in [0.15, 0.2) is 22.7 Å². The van der Waals surface area contributed by atoms with Crippen LogP contribution in [0.5, 0.6) is 0 Å². The molecule has 3 nitrogen and oxygen atoms in total. The van der Waals surface area contributed by atoms with Gasteiger partial charge in [-0.25, -0.2) is 8.42 Å². The predicted octanol–water partition coefficient (Wildman–Crippen LogP) is 1.87. The quantitative estimate of drug-likeness (QED) is 0.827. The second-order valence-corrected chi connectivity index (χ2v) is 5.98. The van der Waals surface area contributed by atoms with Gasteiger partial charge in [-0.15, -0.1) is 0 Å². The van der Waals surface area contributed by atoms with E-state index in [0.717, 1.165) is 0 Å². The summed E-state index contributed by atoms with van der Waals surface area (Å²) in [6.07, 6.45) is 1.17. The molecule has 0 bridgehead atoms. The molecule has 0 saturated heterocycles. The standard InChI is InChI=1S/C9H8BrNO2S/c1-14(12,13)6-8-4-7(5-11)2-3-9(8)10/h2-4H,6H2,1H3. The number of rotatable bonds is 2. The highest BCUT2D eigenvalue weighted by Crippen LogP contribution is 2.20. The van der Waals surface area contributed by atoms with Crippen LogP contribution in [-0.2, 0) is 15.6 Å². The van der Waals surface area contributed by atoms with Crippen LogP contribution in [0.2, 0.25) is 0 Å². The smallest absolute Gasteiger partial charge is 0.151 e. The SMILES string of the molecule is CS(=O)(=O)Cc1cc(C#N)ccc1Br. The van der Waals surface area contributed by atoms with Crippen molar-refractivity contribution in [3.8, 4) is 6.07 Å². The zero-order chi connectivity index (χ0) is 10.8. The first-order chi connectivity index (χ1) is 6.42. The maximum atomic E-state index is 11.0. The normalized spacial score (nSPS) is 10.9. The highest BCUT2D eigenvalue weighted by atomic mass is 79.9. The van der Waals surface area contributed by atoms with Crippen LogP contribution in [-0.4, -0.2) is 14.7 Å². The third kappa shape index (κ3) is 3.13. The molecular weight excluding hydrogens is 266 g/mol. The summed E-state index contributed by atoms with van der Waals surface area (Å²) in [5, 5.41) is 8.64. The van der Waals surface area contributed by atoms with Gasteiger partial charge in [0.05, 0.1) is 17.4 Å². The molecule has 0 aliphatic heterocycles. The Labute approximate surface area is 91.4 Å². The minimum Gasteiger partial charge on any atom is -0.229 e. The third-order valence-corrected chi connectivity index (χ3v) is 3.20. The summed E-state index contributed by atoms with van der Waals surface area (Å²) in [7, 11) is -3.06. The van der Waals surface area contributed by atoms with Crippen molar-refractivity contribution in [1.82, 2.24) is 0 Å². The number of benzene rings is 1. The van der Waals surface area contributed by atoms with E-state index in [9.17, 15) is 8.42 Å². The van der Waals surface area contributed by atoms with Crippen LogP contribution in [0.4, 0.5) is 0 Å². The molecule has 0 fully saturated rings.